The first-order valence-electron chi connectivity index (χ1n) is 7.68. The maximum atomic E-state index is 11.7. The number of piperidine rings is 1. The molecule has 3 rings (SSSR count). The van der Waals surface area contributed by atoms with Gasteiger partial charge in [0, 0.05) is 25.2 Å². The first-order chi connectivity index (χ1) is 11.6. The van der Waals surface area contributed by atoms with Crippen LogP contribution in [0.3, 0.4) is 0 Å². The van der Waals surface area contributed by atoms with Crippen molar-refractivity contribution in [3.63, 3.8) is 0 Å². The number of hydrogen-bond donors (Lipinski definition) is 1. The Hall–Kier alpha value is -2.91. The number of rotatable bonds is 4. The summed E-state index contributed by atoms with van der Waals surface area (Å²) in [5.74, 6) is 0. The zero-order valence-electron chi connectivity index (χ0n) is 13.1. The van der Waals surface area contributed by atoms with Crippen LogP contribution in [0.4, 0.5) is 16.2 Å². The maximum Gasteiger partial charge on any atom is 0.409 e. The maximum absolute atomic E-state index is 11.7. The smallest absolute Gasteiger partial charge is 0.409 e. The summed E-state index contributed by atoms with van der Waals surface area (Å²) >= 11 is 0. The predicted molar refractivity (Wildman–Crippen MR) is 83.7 cm³/mol. The fourth-order valence-corrected chi connectivity index (χ4v) is 2.76. The molecule has 0 radical (unpaired) electrons. The number of ether oxygens (including phenoxy) is 1. The highest BCUT2D eigenvalue weighted by molar-refractivity contribution is 5.93. The molecule has 0 atom stereocenters. The predicted octanol–water partition coefficient (Wildman–Crippen LogP) is 2.16. The van der Waals surface area contributed by atoms with Gasteiger partial charge in [0.15, 0.2) is 5.52 Å². The van der Waals surface area contributed by atoms with Crippen LogP contribution in [-0.4, -0.2) is 52.0 Å². The number of likely N-dealkylation sites (tertiary alicyclic amines) is 1. The van der Waals surface area contributed by atoms with Crippen LogP contribution in [0, 0.1) is 10.1 Å². The van der Waals surface area contributed by atoms with Crippen LogP contribution in [0.25, 0.3) is 11.0 Å². The third kappa shape index (κ3) is 3.07. The van der Waals surface area contributed by atoms with Crippen molar-refractivity contribution >= 4 is 28.5 Å². The summed E-state index contributed by atoms with van der Waals surface area (Å²) < 4.78 is 9.64. The number of benzene rings is 1. The van der Waals surface area contributed by atoms with E-state index in [0.717, 1.165) is 12.8 Å². The number of anilines is 1. The Morgan fingerprint density at radius 2 is 2.12 bits per heavy atom. The number of carbonyl (C=O) groups excluding carboxylic acids is 1. The summed E-state index contributed by atoms with van der Waals surface area (Å²) in [6.45, 7) is 3.31. The first-order valence-corrected chi connectivity index (χ1v) is 7.68. The largest absolute Gasteiger partial charge is 0.450 e. The molecule has 2 aromatic rings. The third-order valence-electron chi connectivity index (χ3n) is 3.97. The SMILES string of the molecule is CCOC(=O)N1CCC(Nc2ccc([N+](=O)[O-])c3nonc23)CC1. The Kier molecular flexibility index (Phi) is 4.45. The van der Waals surface area contributed by atoms with Gasteiger partial charge in [-0.3, -0.25) is 10.1 Å². The molecule has 10 heteroatoms. The van der Waals surface area contributed by atoms with Crippen LogP contribution in [0.15, 0.2) is 16.8 Å². The van der Waals surface area contributed by atoms with Crippen molar-refractivity contribution in [1.82, 2.24) is 15.2 Å². The highest BCUT2D eigenvalue weighted by Crippen LogP contribution is 2.30. The molecule has 1 N–H and O–H groups in total. The monoisotopic (exact) mass is 335 g/mol. The van der Waals surface area contributed by atoms with Crippen molar-refractivity contribution in [3.8, 4) is 0 Å². The molecule has 1 amide bonds. The third-order valence-corrected chi connectivity index (χ3v) is 3.97. The van der Waals surface area contributed by atoms with Crippen LogP contribution in [0.1, 0.15) is 19.8 Å². The average Bonchev–Trinajstić information content (AvgIpc) is 3.05. The van der Waals surface area contributed by atoms with E-state index in [4.69, 9.17) is 4.74 Å². The standard InChI is InChI=1S/C14H17N5O5/c1-2-23-14(20)18-7-5-9(6-8-18)15-10-3-4-11(19(21)22)13-12(10)16-24-17-13/h3-4,9,15H,2,5-8H2,1H3. The lowest BCUT2D eigenvalue weighted by Gasteiger charge is -2.32. The van der Waals surface area contributed by atoms with Crippen molar-refractivity contribution in [1.29, 1.82) is 0 Å². The zero-order valence-corrected chi connectivity index (χ0v) is 13.1. The zero-order chi connectivity index (χ0) is 17.1. The Balaban J connectivity index is 1.69. The molecule has 10 nitrogen and oxygen atoms in total. The van der Waals surface area contributed by atoms with Gasteiger partial charge in [-0.25, -0.2) is 9.42 Å². The van der Waals surface area contributed by atoms with Crippen molar-refractivity contribution in [2.75, 3.05) is 25.0 Å². The Bertz CT molecular complexity index is 753. The molecule has 0 spiro atoms. The molecule has 1 aromatic carbocycles. The summed E-state index contributed by atoms with van der Waals surface area (Å²) in [6.07, 6.45) is 1.18. The molecule has 24 heavy (non-hydrogen) atoms. The summed E-state index contributed by atoms with van der Waals surface area (Å²) in [6, 6.07) is 3.10. The second-order valence-corrected chi connectivity index (χ2v) is 5.46. The van der Waals surface area contributed by atoms with E-state index < -0.39 is 4.92 Å². The lowest BCUT2D eigenvalue weighted by molar-refractivity contribution is -0.383. The lowest BCUT2D eigenvalue weighted by Crippen LogP contribution is -2.42. The van der Waals surface area contributed by atoms with Crippen LogP contribution >= 0.6 is 0 Å². The number of aromatic nitrogens is 2. The van der Waals surface area contributed by atoms with Crippen molar-refractivity contribution in [2.45, 2.75) is 25.8 Å². The number of nitrogens with zero attached hydrogens (tertiary/aromatic N) is 4. The summed E-state index contributed by atoms with van der Waals surface area (Å²) in [5, 5.41) is 21.7. The number of carbonyl (C=O) groups is 1. The quantitative estimate of drug-likeness (QED) is 0.666. The second kappa shape index (κ2) is 6.69. The molecule has 128 valence electrons. The minimum absolute atomic E-state index is 0.119. The summed E-state index contributed by atoms with van der Waals surface area (Å²) in [5.41, 5.74) is 0.936. The minimum atomic E-state index is -0.520. The van der Waals surface area contributed by atoms with Crippen LogP contribution < -0.4 is 5.32 Å². The number of amides is 1. The molecule has 0 aliphatic carbocycles. The average molecular weight is 335 g/mol. The van der Waals surface area contributed by atoms with E-state index in [1.807, 2.05) is 0 Å². The fourth-order valence-electron chi connectivity index (χ4n) is 2.76. The molecule has 0 unspecified atom stereocenters. The van der Waals surface area contributed by atoms with Gasteiger partial charge in [-0.2, -0.15) is 0 Å². The number of non-ortho nitro benzene ring substituents is 1. The number of nitrogens with one attached hydrogen (secondary N) is 1. The van der Waals surface area contributed by atoms with Gasteiger partial charge < -0.3 is 15.0 Å². The Morgan fingerprint density at radius 3 is 2.79 bits per heavy atom. The van der Waals surface area contributed by atoms with Gasteiger partial charge in [0.05, 0.1) is 17.2 Å². The van der Waals surface area contributed by atoms with E-state index in [1.54, 1.807) is 17.9 Å². The molecule has 0 bridgehead atoms. The Labute approximate surface area is 136 Å². The van der Waals surface area contributed by atoms with Crippen molar-refractivity contribution in [2.24, 2.45) is 0 Å². The lowest BCUT2D eigenvalue weighted by atomic mass is 10.0. The summed E-state index contributed by atoms with van der Waals surface area (Å²) in [4.78, 5) is 23.8. The highest BCUT2D eigenvalue weighted by atomic mass is 16.6. The molecule has 1 saturated heterocycles. The van der Waals surface area contributed by atoms with E-state index >= 15 is 0 Å². The van der Waals surface area contributed by atoms with Crippen molar-refractivity contribution < 1.29 is 19.1 Å². The topological polar surface area (TPSA) is 124 Å². The van der Waals surface area contributed by atoms with Crippen LogP contribution in [0.5, 0.6) is 0 Å². The van der Waals surface area contributed by atoms with Crippen LogP contribution in [0.2, 0.25) is 0 Å². The Morgan fingerprint density at radius 1 is 1.42 bits per heavy atom. The normalized spacial score (nSPS) is 15.5. The molecule has 1 aliphatic rings. The molecule has 1 aliphatic heterocycles. The highest BCUT2D eigenvalue weighted by Gasteiger charge is 2.25. The van der Waals surface area contributed by atoms with E-state index in [-0.39, 0.29) is 23.3 Å². The van der Waals surface area contributed by atoms with E-state index in [9.17, 15) is 14.9 Å². The van der Waals surface area contributed by atoms with Gasteiger partial charge in [-0.05, 0) is 36.1 Å². The van der Waals surface area contributed by atoms with E-state index in [2.05, 4.69) is 20.3 Å². The number of nitro groups is 1. The van der Waals surface area contributed by atoms with Gasteiger partial charge in [-0.1, -0.05) is 0 Å². The molecule has 2 heterocycles. The molecule has 1 aromatic heterocycles. The number of hydrogen-bond acceptors (Lipinski definition) is 8. The van der Waals surface area contributed by atoms with Crippen LogP contribution in [-0.2, 0) is 4.74 Å². The van der Waals surface area contributed by atoms with Crippen molar-refractivity contribution in [3.05, 3.63) is 22.2 Å². The van der Waals surface area contributed by atoms with E-state index in [1.165, 1.54) is 6.07 Å². The van der Waals surface area contributed by atoms with Gasteiger partial charge in [-0.15, -0.1) is 0 Å². The minimum Gasteiger partial charge on any atom is -0.450 e. The second-order valence-electron chi connectivity index (χ2n) is 5.46. The van der Waals surface area contributed by atoms with Gasteiger partial charge in [0.1, 0.15) is 0 Å². The van der Waals surface area contributed by atoms with Gasteiger partial charge in [0.2, 0.25) is 5.52 Å². The first kappa shape index (κ1) is 16.0. The summed E-state index contributed by atoms with van der Waals surface area (Å²) in [7, 11) is 0. The van der Waals surface area contributed by atoms with Gasteiger partial charge in [0.25, 0.3) is 0 Å². The number of nitro benzene ring substituents is 1. The molecule has 1 fully saturated rings. The number of fused-ring (bicyclic) bond motifs is 1. The molecule has 0 saturated carbocycles. The fraction of sp³-hybridized carbons (Fsp3) is 0.500. The molecular formula is C14H17N5O5. The van der Waals surface area contributed by atoms with E-state index in [0.29, 0.717) is 30.9 Å². The molecular weight excluding hydrogens is 318 g/mol. The van der Waals surface area contributed by atoms with Gasteiger partial charge >= 0.3 is 11.8 Å².